The minimum absolute atomic E-state index is 0.500. The van der Waals surface area contributed by atoms with Crippen LogP contribution in [0.5, 0.6) is 0 Å². The number of nitrogens with one attached hydrogen (secondary N) is 1. The van der Waals surface area contributed by atoms with Crippen LogP contribution >= 0.6 is 0 Å². The fourth-order valence-electron chi connectivity index (χ4n) is 8.27. The molecule has 4 fully saturated rings. The van der Waals surface area contributed by atoms with Crippen molar-refractivity contribution >= 4 is 0 Å². The van der Waals surface area contributed by atoms with E-state index < -0.39 is 0 Å². The van der Waals surface area contributed by atoms with E-state index in [-0.39, 0.29) is 0 Å². The van der Waals surface area contributed by atoms with Crippen molar-refractivity contribution in [2.24, 2.45) is 34.5 Å². The Bertz CT molecular complexity index is 593. The molecular weight excluding hydrogens is 292 g/mol. The Hall–Kier alpha value is -0.790. The zero-order valence-electron chi connectivity index (χ0n) is 15.6. The fraction of sp³-hybridized carbons (Fsp3) is 0.864. The molecule has 2 nitrogen and oxygen atoms in total. The summed E-state index contributed by atoms with van der Waals surface area (Å²) in [5, 5.41) is 0. The number of H-pyrrole nitrogens is 1. The van der Waals surface area contributed by atoms with Gasteiger partial charge < -0.3 is 4.98 Å². The number of fused-ring (bicyclic) bond motifs is 5. The van der Waals surface area contributed by atoms with Crippen molar-refractivity contribution in [1.82, 2.24) is 9.97 Å². The van der Waals surface area contributed by atoms with Gasteiger partial charge >= 0.3 is 0 Å². The smallest absolute Gasteiger partial charge is 0.0923 e. The maximum atomic E-state index is 4.74. The minimum Gasteiger partial charge on any atom is -0.351 e. The van der Waals surface area contributed by atoms with Gasteiger partial charge in [0.15, 0.2) is 0 Å². The lowest BCUT2D eigenvalue weighted by Gasteiger charge is -2.62. The standard InChI is InChI=1S/C22H34N2/c1-21-11-4-7-17(21)16-9-8-15-5-3-6-19(20-13-23-14-24-20)22(15,2)18(16)10-12-21/h13-19H,3-12H2,1-2H3,(H,23,24)/t15?,16-,17-,18-,19?,21-,22-/m0/s1. The molecule has 0 saturated heterocycles. The van der Waals surface area contributed by atoms with Gasteiger partial charge in [0.1, 0.15) is 0 Å². The molecule has 2 unspecified atom stereocenters. The molecule has 4 aliphatic rings. The normalized spacial score (nSPS) is 50.8. The average molecular weight is 327 g/mol. The lowest BCUT2D eigenvalue weighted by atomic mass is 9.43. The summed E-state index contributed by atoms with van der Waals surface area (Å²) in [6, 6.07) is 0. The first-order chi connectivity index (χ1) is 11.6. The Balaban J connectivity index is 1.53. The summed E-state index contributed by atoms with van der Waals surface area (Å²) >= 11 is 0. The molecule has 4 aliphatic carbocycles. The van der Waals surface area contributed by atoms with Crippen LogP contribution in [0.25, 0.3) is 0 Å². The second-order valence-electron chi connectivity index (χ2n) is 10.1. The number of aromatic amines is 1. The molecule has 24 heavy (non-hydrogen) atoms. The molecule has 132 valence electrons. The van der Waals surface area contributed by atoms with Crippen LogP contribution in [-0.4, -0.2) is 9.97 Å². The average Bonchev–Trinajstić information content (AvgIpc) is 3.22. The maximum Gasteiger partial charge on any atom is 0.0923 e. The van der Waals surface area contributed by atoms with Crippen molar-refractivity contribution in [3.8, 4) is 0 Å². The number of imidazole rings is 1. The van der Waals surface area contributed by atoms with Crippen LogP contribution in [-0.2, 0) is 0 Å². The highest BCUT2D eigenvalue weighted by molar-refractivity contribution is 5.17. The molecule has 1 aromatic heterocycles. The molecule has 0 bridgehead atoms. The molecule has 1 aromatic rings. The van der Waals surface area contributed by atoms with Crippen LogP contribution in [0.4, 0.5) is 0 Å². The summed E-state index contributed by atoms with van der Waals surface area (Å²) in [5.74, 6) is 4.62. The molecule has 4 saturated carbocycles. The van der Waals surface area contributed by atoms with Gasteiger partial charge in [0, 0.05) is 12.1 Å². The molecular formula is C22H34N2. The SMILES string of the molecule is C[C@@]12CCC[C@H]1[C@@H]1CCC3CCCC(c4c[nH]cn4)[C@]3(C)[C@H]1CC2. The highest BCUT2D eigenvalue weighted by Gasteiger charge is 2.60. The summed E-state index contributed by atoms with van der Waals surface area (Å²) < 4.78 is 0. The molecule has 0 radical (unpaired) electrons. The van der Waals surface area contributed by atoms with E-state index in [4.69, 9.17) is 4.98 Å². The van der Waals surface area contributed by atoms with Crippen molar-refractivity contribution in [3.05, 3.63) is 18.2 Å². The maximum absolute atomic E-state index is 4.74. The van der Waals surface area contributed by atoms with Gasteiger partial charge in [-0.05, 0) is 85.9 Å². The third-order valence-corrected chi connectivity index (χ3v) is 9.42. The first kappa shape index (κ1) is 15.5. The van der Waals surface area contributed by atoms with E-state index in [2.05, 4.69) is 25.0 Å². The lowest BCUT2D eigenvalue weighted by Crippen LogP contribution is -2.54. The predicted octanol–water partition coefficient (Wildman–Crippen LogP) is 5.93. The lowest BCUT2D eigenvalue weighted by molar-refractivity contribution is -0.114. The Morgan fingerprint density at radius 1 is 0.958 bits per heavy atom. The van der Waals surface area contributed by atoms with Crippen LogP contribution in [0.15, 0.2) is 12.5 Å². The zero-order valence-corrected chi connectivity index (χ0v) is 15.6. The van der Waals surface area contributed by atoms with E-state index in [1.807, 2.05) is 6.33 Å². The van der Waals surface area contributed by atoms with Gasteiger partial charge in [-0.1, -0.05) is 26.7 Å². The van der Waals surface area contributed by atoms with Crippen molar-refractivity contribution in [1.29, 1.82) is 0 Å². The summed E-state index contributed by atoms with van der Waals surface area (Å²) in [7, 11) is 0. The van der Waals surface area contributed by atoms with E-state index in [0.717, 1.165) is 23.7 Å². The van der Waals surface area contributed by atoms with Crippen molar-refractivity contribution in [3.63, 3.8) is 0 Å². The summed E-state index contributed by atoms with van der Waals surface area (Å²) in [6.07, 6.45) is 18.9. The molecule has 0 aromatic carbocycles. The molecule has 7 atom stereocenters. The Kier molecular flexibility index (Phi) is 3.45. The molecule has 5 rings (SSSR count). The molecule has 2 heteroatoms. The van der Waals surface area contributed by atoms with Gasteiger partial charge in [-0.25, -0.2) is 4.98 Å². The van der Waals surface area contributed by atoms with Crippen LogP contribution in [0, 0.1) is 34.5 Å². The van der Waals surface area contributed by atoms with Crippen LogP contribution in [0.1, 0.15) is 89.7 Å². The summed E-state index contributed by atoms with van der Waals surface area (Å²) in [6.45, 7) is 5.31. The molecule has 0 spiro atoms. The zero-order chi connectivity index (χ0) is 16.4. The van der Waals surface area contributed by atoms with E-state index >= 15 is 0 Å². The topological polar surface area (TPSA) is 28.7 Å². The Morgan fingerprint density at radius 3 is 2.71 bits per heavy atom. The van der Waals surface area contributed by atoms with Crippen molar-refractivity contribution < 1.29 is 0 Å². The number of aromatic nitrogens is 2. The van der Waals surface area contributed by atoms with Crippen LogP contribution < -0.4 is 0 Å². The third kappa shape index (κ3) is 1.98. The second kappa shape index (κ2) is 5.35. The van der Waals surface area contributed by atoms with Gasteiger partial charge in [0.05, 0.1) is 12.0 Å². The monoisotopic (exact) mass is 326 g/mol. The van der Waals surface area contributed by atoms with Gasteiger partial charge in [-0.2, -0.15) is 0 Å². The first-order valence-corrected chi connectivity index (χ1v) is 10.6. The summed E-state index contributed by atoms with van der Waals surface area (Å²) in [5.41, 5.74) is 2.55. The van der Waals surface area contributed by atoms with Gasteiger partial charge in [-0.15, -0.1) is 0 Å². The van der Waals surface area contributed by atoms with Crippen LogP contribution in [0.3, 0.4) is 0 Å². The third-order valence-electron chi connectivity index (χ3n) is 9.42. The van der Waals surface area contributed by atoms with Crippen molar-refractivity contribution in [2.45, 2.75) is 84.0 Å². The first-order valence-electron chi connectivity index (χ1n) is 10.6. The Morgan fingerprint density at radius 2 is 1.88 bits per heavy atom. The highest BCUT2D eigenvalue weighted by Crippen LogP contribution is 2.68. The van der Waals surface area contributed by atoms with E-state index in [0.29, 0.717) is 16.7 Å². The Labute approximate surface area is 147 Å². The van der Waals surface area contributed by atoms with Crippen LogP contribution in [0.2, 0.25) is 0 Å². The quantitative estimate of drug-likeness (QED) is 0.681. The summed E-state index contributed by atoms with van der Waals surface area (Å²) in [4.78, 5) is 7.98. The molecule has 1 heterocycles. The molecule has 1 N–H and O–H groups in total. The predicted molar refractivity (Wildman–Crippen MR) is 97.7 cm³/mol. The number of rotatable bonds is 1. The van der Waals surface area contributed by atoms with Gasteiger partial charge in [-0.3, -0.25) is 0 Å². The van der Waals surface area contributed by atoms with E-state index in [1.54, 1.807) is 0 Å². The molecule has 0 amide bonds. The van der Waals surface area contributed by atoms with Gasteiger partial charge in [0.25, 0.3) is 0 Å². The fourth-order valence-corrected chi connectivity index (χ4v) is 8.27. The van der Waals surface area contributed by atoms with Crippen molar-refractivity contribution in [2.75, 3.05) is 0 Å². The van der Waals surface area contributed by atoms with E-state index in [9.17, 15) is 0 Å². The second-order valence-corrected chi connectivity index (χ2v) is 10.1. The number of hydrogen-bond acceptors (Lipinski definition) is 1. The highest BCUT2D eigenvalue weighted by atomic mass is 14.9. The minimum atomic E-state index is 0.500. The largest absolute Gasteiger partial charge is 0.351 e. The van der Waals surface area contributed by atoms with Gasteiger partial charge in [0.2, 0.25) is 0 Å². The number of nitrogens with zero attached hydrogens (tertiary/aromatic N) is 1. The van der Waals surface area contributed by atoms with E-state index in [1.165, 1.54) is 69.9 Å². The molecule has 0 aliphatic heterocycles. The number of hydrogen-bond donors (Lipinski definition) is 1.